The number of alkyl halides is 3. The number of aliphatic hydroxyl groups is 1. The van der Waals surface area contributed by atoms with Gasteiger partial charge in [-0.2, -0.15) is 18.4 Å². The van der Waals surface area contributed by atoms with Crippen LogP contribution in [0, 0.1) is 16.9 Å². The molecule has 1 aliphatic rings. The van der Waals surface area contributed by atoms with E-state index in [9.17, 15) is 28.3 Å². The zero-order valence-electron chi connectivity index (χ0n) is 23.8. The number of benzene rings is 2. The lowest BCUT2D eigenvalue weighted by atomic mass is 10.0. The van der Waals surface area contributed by atoms with Gasteiger partial charge in [0.1, 0.15) is 19.0 Å². The summed E-state index contributed by atoms with van der Waals surface area (Å²) in [5.41, 5.74) is -0.848. The Morgan fingerprint density at radius 2 is 1.98 bits per heavy atom. The number of rotatable bonds is 12. The van der Waals surface area contributed by atoms with Gasteiger partial charge in [-0.15, -0.1) is 0 Å². The molecule has 238 valence electrons. The van der Waals surface area contributed by atoms with E-state index in [-0.39, 0.29) is 52.8 Å². The predicted octanol–water partition coefficient (Wildman–Crippen LogP) is 3.84. The monoisotopic (exact) mass is 657 g/mol. The van der Waals surface area contributed by atoms with Crippen LogP contribution in [0.25, 0.3) is 0 Å². The van der Waals surface area contributed by atoms with Gasteiger partial charge in [0.25, 0.3) is 0 Å². The number of nitrogens with zero attached hydrogens (tertiary/aromatic N) is 4. The topological polar surface area (TPSA) is 146 Å². The van der Waals surface area contributed by atoms with Gasteiger partial charge < -0.3 is 30.2 Å². The first-order valence-corrected chi connectivity index (χ1v) is 14.3. The number of aliphatic hydroxyl groups excluding tert-OH is 1. The highest BCUT2D eigenvalue weighted by atomic mass is 35.5. The smallest absolute Gasteiger partial charge is 0.416 e. The number of hydrogen-bond donors (Lipinski definition) is 4. The third kappa shape index (κ3) is 9.70. The summed E-state index contributed by atoms with van der Waals surface area (Å²) < 4.78 is 51.9. The Bertz CT molecular complexity index is 1380. The second kappa shape index (κ2) is 16.5. The number of likely N-dealkylation sites (N-methyl/N-ethyl adjacent to an activating group) is 1. The molecule has 1 saturated heterocycles. The summed E-state index contributed by atoms with van der Waals surface area (Å²) in [6, 6.07) is 6.29. The molecule has 0 aromatic heterocycles. The summed E-state index contributed by atoms with van der Waals surface area (Å²) in [6.45, 7) is 3.84. The molecule has 1 unspecified atom stereocenters. The molecule has 0 bridgehead atoms. The molecule has 0 aliphatic carbocycles. The summed E-state index contributed by atoms with van der Waals surface area (Å²) in [7, 11) is 0. The highest BCUT2D eigenvalue weighted by molar-refractivity contribution is 6.42. The Kier molecular flexibility index (Phi) is 13.0. The van der Waals surface area contributed by atoms with Gasteiger partial charge in [-0.1, -0.05) is 29.3 Å². The molecule has 2 aromatic carbocycles. The lowest BCUT2D eigenvalue weighted by Gasteiger charge is -2.30. The molecule has 11 nitrogen and oxygen atoms in total. The number of nitriles is 1. The third-order valence-electron chi connectivity index (χ3n) is 6.66. The highest BCUT2D eigenvalue weighted by Gasteiger charge is 2.32. The first-order valence-electron chi connectivity index (χ1n) is 13.5. The van der Waals surface area contributed by atoms with E-state index in [4.69, 9.17) is 38.1 Å². The van der Waals surface area contributed by atoms with Crippen LogP contribution < -0.4 is 15.4 Å². The molecule has 0 radical (unpaired) electrons. The number of anilines is 1. The normalized spacial score (nSPS) is 14.8. The Labute approximate surface area is 262 Å². The molecule has 1 fully saturated rings. The molecule has 16 heteroatoms. The number of ether oxygens (including phenoxy) is 2. The maximum atomic E-state index is 13.6. The van der Waals surface area contributed by atoms with Crippen LogP contribution in [0.2, 0.25) is 10.0 Å². The molecule has 3 rings (SSSR count). The third-order valence-corrected chi connectivity index (χ3v) is 7.40. The molecular weight excluding hydrogens is 626 g/mol. The summed E-state index contributed by atoms with van der Waals surface area (Å²) in [4.78, 5) is 20.2. The maximum absolute atomic E-state index is 13.6. The van der Waals surface area contributed by atoms with Crippen molar-refractivity contribution in [3.8, 4) is 11.9 Å². The summed E-state index contributed by atoms with van der Waals surface area (Å²) >= 11 is 12.1. The average molecular weight is 659 g/mol. The van der Waals surface area contributed by atoms with Crippen molar-refractivity contribution >= 4 is 46.5 Å². The number of carbonyl (C=O) groups is 1. The first-order chi connectivity index (χ1) is 21.0. The number of guanidine groups is 1. The Hall–Kier alpha value is -3.61. The Morgan fingerprint density at radius 1 is 1.25 bits per heavy atom. The number of halogens is 5. The van der Waals surface area contributed by atoms with Crippen molar-refractivity contribution in [1.82, 2.24) is 15.1 Å². The van der Waals surface area contributed by atoms with E-state index < -0.39 is 30.3 Å². The molecule has 4 N–H and O–H groups in total. The van der Waals surface area contributed by atoms with Crippen molar-refractivity contribution in [3.05, 3.63) is 57.6 Å². The van der Waals surface area contributed by atoms with Crippen LogP contribution in [0.1, 0.15) is 18.1 Å². The molecule has 44 heavy (non-hydrogen) atoms. The molecule has 0 saturated carbocycles. The minimum atomic E-state index is -4.66. The van der Waals surface area contributed by atoms with E-state index in [1.54, 1.807) is 13.1 Å². The van der Waals surface area contributed by atoms with Crippen LogP contribution in [0.5, 0.6) is 5.75 Å². The minimum absolute atomic E-state index is 0.0874. The van der Waals surface area contributed by atoms with Crippen molar-refractivity contribution < 1.29 is 32.5 Å². The molecule has 1 heterocycles. The van der Waals surface area contributed by atoms with Gasteiger partial charge in [-0.05, 0) is 42.8 Å². The van der Waals surface area contributed by atoms with E-state index in [1.165, 1.54) is 29.2 Å². The number of hydrogen-bond acceptors (Lipinski definition) is 8. The van der Waals surface area contributed by atoms with Gasteiger partial charge in [0.05, 0.1) is 52.8 Å². The van der Waals surface area contributed by atoms with Crippen molar-refractivity contribution in [2.24, 2.45) is 4.99 Å². The second-order valence-electron chi connectivity index (χ2n) is 9.46. The average Bonchev–Trinajstić information content (AvgIpc) is 3.00. The summed E-state index contributed by atoms with van der Waals surface area (Å²) in [5.74, 6) is -0.858. The molecule has 1 aliphatic heterocycles. The van der Waals surface area contributed by atoms with Crippen LogP contribution in [-0.4, -0.2) is 97.7 Å². The number of amides is 1. The lowest BCUT2D eigenvalue weighted by Crippen LogP contribution is -2.48. The zero-order chi connectivity index (χ0) is 32.3. The van der Waals surface area contributed by atoms with Gasteiger partial charge in [-0.3, -0.25) is 15.0 Å². The standard InChI is InChI=1S/C28H32Cl2F3N7O4/c1-2-40(25(42)16-41)23(26(35)18-3-5-20(29)21(30)13-18)15-36-27(37-17-34)38-22-14-19(28(31,32)33)4-6-24(22)44-12-9-39-7-10-43-11-8-39/h3-6,13-14,23,35,41H,2,7-12,15-16H2,1H3,(H2,36,37,38). The number of carbonyl (C=O) groups excluding carboxylic acids is 1. The van der Waals surface area contributed by atoms with Crippen LogP contribution in [0.15, 0.2) is 41.4 Å². The van der Waals surface area contributed by atoms with E-state index in [1.807, 2.05) is 0 Å². The molecule has 1 atom stereocenters. The van der Waals surface area contributed by atoms with E-state index in [2.05, 4.69) is 20.5 Å². The van der Waals surface area contributed by atoms with Gasteiger partial charge >= 0.3 is 6.18 Å². The minimum Gasteiger partial charge on any atom is -0.490 e. The maximum Gasteiger partial charge on any atom is 0.416 e. The van der Waals surface area contributed by atoms with E-state index >= 15 is 0 Å². The van der Waals surface area contributed by atoms with Crippen molar-refractivity contribution in [2.75, 3.05) is 64.5 Å². The fraction of sp³-hybridized carbons (Fsp3) is 0.429. The summed E-state index contributed by atoms with van der Waals surface area (Å²) in [5, 5.41) is 33.1. The first kappa shape index (κ1) is 34.9. The van der Waals surface area contributed by atoms with Crippen LogP contribution in [-0.2, 0) is 15.7 Å². The molecule has 2 aromatic rings. The SMILES string of the molecule is CCN(C(=O)CO)C(CN=C(NC#N)Nc1cc(C(F)(F)F)ccc1OCCN1CCOCC1)C(=N)c1ccc(Cl)c(Cl)c1. The highest BCUT2D eigenvalue weighted by Crippen LogP contribution is 2.35. The fourth-order valence-electron chi connectivity index (χ4n) is 4.37. The van der Waals surface area contributed by atoms with E-state index in [0.717, 1.165) is 12.1 Å². The second-order valence-corrected chi connectivity index (χ2v) is 10.3. The molecule has 1 amide bonds. The summed E-state index contributed by atoms with van der Waals surface area (Å²) in [6.07, 6.45) is -2.97. The van der Waals surface area contributed by atoms with Crippen LogP contribution in [0.4, 0.5) is 18.9 Å². The van der Waals surface area contributed by atoms with Gasteiger partial charge in [0, 0.05) is 26.2 Å². The molecule has 0 spiro atoms. The zero-order valence-corrected chi connectivity index (χ0v) is 25.3. The van der Waals surface area contributed by atoms with Gasteiger partial charge in [-0.25, -0.2) is 4.99 Å². The Morgan fingerprint density at radius 3 is 2.59 bits per heavy atom. The number of aliphatic imine (C=N–C) groups is 1. The van der Waals surface area contributed by atoms with Crippen molar-refractivity contribution in [1.29, 1.82) is 10.7 Å². The van der Waals surface area contributed by atoms with Crippen LogP contribution in [0.3, 0.4) is 0 Å². The quantitative estimate of drug-likeness (QED) is 0.117. The number of morpholine rings is 1. The van der Waals surface area contributed by atoms with Crippen molar-refractivity contribution in [2.45, 2.75) is 19.1 Å². The molecular formula is C28H32Cl2F3N7O4. The van der Waals surface area contributed by atoms with Crippen LogP contribution >= 0.6 is 23.2 Å². The van der Waals surface area contributed by atoms with E-state index in [0.29, 0.717) is 38.4 Å². The Balaban J connectivity index is 1.92. The predicted molar refractivity (Wildman–Crippen MR) is 160 cm³/mol. The number of nitrogens with one attached hydrogen (secondary N) is 3. The fourth-order valence-corrected chi connectivity index (χ4v) is 4.67. The largest absolute Gasteiger partial charge is 0.490 e. The van der Waals surface area contributed by atoms with Gasteiger partial charge in [0.2, 0.25) is 11.9 Å². The van der Waals surface area contributed by atoms with Gasteiger partial charge in [0.15, 0.2) is 6.19 Å². The van der Waals surface area contributed by atoms with Crippen molar-refractivity contribution in [3.63, 3.8) is 0 Å². The lowest BCUT2D eigenvalue weighted by molar-refractivity contribution is -0.137.